The molecule has 4 aromatic carbocycles. The minimum Gasteiger partial charge on any atom is -0.372 e. The minimum absolute atomic E-state index is 0.463. The monoisotopic (exact) mass is 432 g/mol. The fourth-order valence-electron chi connectivity index (χ4n) is 3.53. The van der Waals surface area contributed by atoms with Crippen molar-refractivity contribution >= 4 is 17.7 Å². The van der Waals surface area contributed by atoms with Crippen LogP contribution in [0.25, 0.3) is 6.08 Å². The van der Waals surface area contributed by atoms with E-state index in [0.717, 1.165) is 11.1 Å². The van der Waals surface area contributed by atoms with Crippen LogP contribution in [0.2, 0.25) is 0 Å². The van der Waals surface area contributed by atoms with Crippen molar-refractivity contribution in [3.05, 3.63) is 150 Å². The minimum atomic E-state index is -1.89. The van der Waals surface area contributed by atoms with Crippen molar-refractivity contribution in [2.75, 3.05) is 0 Å². The number of rotatable bonds is 7. The molecular weight excluding hydrogens is 408 g/mol. The van der Waals surface area contributed by atoms with Crippen LogP contribution in [0.3, 0.4) is 0 Å². The van der Waals surface area contributed by atoms with Crippen molar-refractivity contribution in [3.8, 4) is 0 Å². The van der Waals surface area contributed by atoms with E-state index in [-0.39, 0.29) is 0 Å². The van der Waals surface area contributed by atoms with Crippen molar-refractivity contribution in [2.24, 2.45) is 5.10 Å². The third-order valence-electron chi connectivity index (χ3n) is 5.29. The number of nitrogens with zero attached hydrogens (tertiary/aromatic N) is 1. The molecule has 4 heteroatoms. The van der Waals surface area contributed by atoms with Crippen molar-refractivity contribution < 1.29 is 9.90 Å². The maximum atomic E-state index is 13.4. The molecule has 4 nitrogen and oxygen atoms in total. The molecule has 4 rings (SSSR count). The molecule has 0 unspecified atom stereocenters. The third kappa shape index (κ3) is 5.14. The van der Waals surface area contributed by atoms with E-state index in [1.165, 1.54) is 0 Å². The first-order valence-corrected chi connectivity index (χ1v) is 10.7. The van der Waals surface area contributed by atoms with E-state index >= 15 is 0 Å². The van der Waals surface area contributed by atoms with Gasteiger partial charge in [-0.25, -0.2) is 5.43 Å². The van der Waals surface area contributed by atoms with Crippen molar-refractivity contribution in [1.82, 2.24) is 5.43 Å². The summed E-state index contributed by atoms with van der Waals surface area (Å²) in [4.78, 5) is 13.4. The second kappa shape index (κ2) is 10.4. The van der Waals surface area contributed by atoms with Gasteiger partial charge in [0.1, 0.15) is 0 Å². The zero-order chi connectivity index (χ0) is 22.9. The molecule has 0 saturated heterocycles. The van der Waals surface area contributed by atoms with Gasteiger partial charge in [0.25, 0.3) is 5.91 Å². The van der Waals surface area contributed by atoms with Crippen LogP contribution in [0.4, 0.5) is 0 Å². The second-order valence-corrected chi connectivity index (χ2v) is 7.49. The molecule has 33 heavy (non-hydrogen) atoms. The Bertz CT molecular complexity index is 1200. The Labute approximate surface area is 193 Å². The molecule has 0 bridgehead atoms. The van der Waals surface area contributed by atoms with Gasteiger partial charge < -0.3 is 5.11 Å². The average Bonchev–Trinajstić information content (AvgIpc) is 2.90. The summed E-state index contributed by atoms with van der Waals surface area (Å²) in [6.45, 7) is 0. The largest absolute Gasteiger partial charge is 0.372 e. The Kier molecular flexibility index (Phi) is 6.88. The molecule has 2 N–H and O–H groups in total. The summed E-state index contributed by atoms with van der Waals surface area (Å²) in [6, 6.07) is 37.2. The number of carbonyl (C=O) groups is 1. The molecule has 0 aromatic heterocycles. The van der Waals surface area contributed by atoms with E-state index in [1.807, 2.05) is 84.9 Å². The van der Waals surface area contributed by atoms with Gasteiger partial charge >= 0.3 is 0 Å². The zero-order valence-corrected chi connectivity index (χ0v) is 18.0. The molecule has 162 valence electrons. The van der Waals surface area contributed by atoms with Crippen LogP contribution in [0, 0.1) is 0 Å². The molecule has 0 fully saturated rings. The predicted octanol–water partition coefficient (Wildman–Crippen LogP) is 5.16. The highest BCUT2D eigenvalue weighted by Crippen LogP contribution is 2.29. The summed E-state index contributed by atoms with van der Waals surface area (Å²) in [6.07, 6.45) is 3.77. The second-order valence-electron chi connectivity index (χ2n) is 7.49. The van der Waals surface area contributed by atoms with Gasteiger partial charge in [-0.15, -0.1) is 0 Å². The Balaban J connectivity index is 1.69. The van der Waals surface area contributed by atoms with E-state index in [0.29, 0.717) is 16.8 Å². The fraction of sp³-hybridized carbons (Fsp3) is 0.0345. The Morgan fingerprint density at radius 2 is 1.15 bits per heavy atom. The van der Waals surface area contributed by atoms with Crippen LogP contribution in [-0.4, -0.2) is 16.7 Å². The van der Waals surface area contributed by atoms with Gasteiger partial charge in [-0.05, 0) is 22.8 Å². The molecule has 1 amide bonds. The highest BCUT2D eigenvalue weighted by Gasteiger charge is 2.39. The summed E-state index contributed by atoms with van der Waals surface area (Å²) in [5.74, 6) is -0.638. The first-order chi connectivity index (χ1) is 16.2. The lowest BCUT2D eigenvalue weighted by Gasteiger charge is -2.27. The molecule has 0 aliphatic carbocycles. The first-order valence-electron chi connectivity index (χ1n) is 10.7. The number of hydrogen-bond acceptors (Lipinski definition) is 3. The van der Waals surface area contributed by atoms with E-state index in [1.54, 1.807) is 48.5 Å². The number of benzene rings is 4. The number of allylic oxidation sites excluding steroid dienone is 1. The fourth-order valence-corrected chi connectivity index (χ4v) is 3.53. The van der Waals surface area contributed by atoms with Crippen LogP contribution in [0.15, 0.2) is 133 Å². The van der Waals surface area contributed by atoms with Crippen LogP contribution in [-0.2, 0) is 10.4 Å². The topological polar surface area (TPSA) is 61.7 Å². The number of hydrogen-bond donors (Lipinski definition) is 2. The Morgan fingerprint density at radius 1 is 0.697 bits per heavy atom. The van der Waals surface area contributed by atoms with Crippen LogP contribution < -0.4 is 5.43 Å². The summed E-state index contributed by atoms with van der Waals surface area (Å²) in [5.41, 5.74) is 4.06. The summed E-state index contributed by atoms with van der Waals surface area (Å²) < 4.78 is 0. The number of hydrazone groups is 1. The Hall–Kier alpha value is -4.28. The van der Waals surface area contributed by atoms with Crippen LogP contribution in [0.1, 0.15) is 22.3 Å². The molecular formula is C29H24N2O2. The van der Waals surface area contributed by atoms with Gasteiger partial charge in [0, 0.05) is 5.56 Å². The smallest absolute Gasteiger partial charge is 0.281 e. The summed E-state index contributed by atoms with van der Waals surface area (Å²) >= 11 is 0. The molecule has 0 saturated carbocycles. The molecule has 0 atom stereocenters. The summed E-state index contributed by atoms with van der Waals surface area (Å²) in [5, 5.41) is 16.0. The van der Waals surface area contributed by atoms with Crippen LogP contribution >= 0.6 is 0 Å². The van der Waals surface area contributed by atoms with Gasteiger partial charge in [-0.2, -0.15) is 5.10 Å². The van der Waals surface area contributed by atoms with E-state index in [2.05, 4.69) is 10.5 Å². The number of carbonyl (C=O) groups excluding carboxylic acids is 1. The molecule has 0 radical (unpaired) electrons. The lowest BCUT2D eigenvalue weighted by Crippen LogP contribution is -2.43. The highest BCUT2D eigenvalue weighted by molar-refractivity contribution is 6.11. The van der Waals surface area contributed by atoms with Crippen molar-refractivity contribution in [1.29, 1.82) is 0 Å². The SMILES string of the molecule is O=C(N/N=C(/C=C/c1ccccc1)c1ccccc1)C(O)(c1ccccc1)c1ccccc1. The summed E-state index contributed by atoms with van der Waals surface area (Å²) in [7, 11) is 0. The third-order valence-corrected chi connectivity index (χ3v) is 5.29. The maximum Gasteiger partial charge on any atom is 0.281 e. The predicted molar refractivity (Wildman–Crippen MR) is 132 cm³/mol. The number of amides is 1. The molecule has 0 spiro atoms. The van der Waals surface area contributed by atoms with Crippen LogP contribution in [0.5, 0.6) is 0 Å². The maximum absolute atomic E-state index is 13.4. The van der Waals surface area contributed by atoms with Gasteiger partial charge in [0.15, 0.2) is 5.60 Å². The van der Waals surface area contributed by atoms with Gasteiger partial charge in [-0.1, -0.05) is 127 Å². The zero-order valence-electron chi connectivity index (χ0n) is 18.0. The molecule has 4 aromatic rings. The highest BCUT2D eigenvalue weighted by atomic mass is 16.3. The van der Waals surface area contributed by atoms with E-state index in [4.69, 9.17) is 0 Å². The lowest BCUT2D eigenvalue weighted by atomic mass is 9.85. The average molecular weight is 433 g/mol. The molecule has 0 heterocycles. The Morgan fingerprint density at radius 3 is 1.67 bits per heavy atom. The molecule has 0 aliphatic rings. The normalized spacial score (nSPS) is 12.0. The van der Waals surface area contributed by atoms with E-state index < -0.39 is 11.5 Å². The van der Waals surface area contributed by atoms with Crippen molar-refractivity contribution in [2.45, 2.75) is 5.60 Å². The quantitative estimate of drug-likeness (QED) is 0.313. The van der Waals surface area contributed by atoms with Gasteiger partial charge in [0.05, 0.1) is 5.71 Å². The standard InChI is InChI=1S/C29H24N2O2/c32-28(29(33,25-17-9-3-10-18-25)26-19-11-4-12-20-26)31-30-27(24-15-7-2-8-16-24)22-21-23-13-5-1-6-14-23/h1-22,33H,(H,31,32)/b22-21+,30-27-. The number of nitrogens with one attached hydrogen (secondary N) is 1. The molecule has 0 aliphatic heterocycles. The van der Waals surface area contributed by atoms with Crippen molar-refractivity contribution in [3.63, 3.8) is 0 Å². The van der Waals surface area contributed by atoms with Gasteiger partial charge in [0.2, 0.25) is 0 Å². The van der Waals surface area contributed by atoms with E-state index in [9.17, 15) is 9.90 Å². The first kappa shape index (κ1) is 21.9. The lowest BCUT2D eigenvalue weighted by molar-refractivity contribution is -0.136. The number of aliphatic hydroxyl groups is 1. The van der Waals surface area contributed by atoms with Gasteiger partial charge in [-0.3, -0.25) is 4.79 Å².